The summed E-state index contributed by atoms with van der Waals surface area (Å²) in [5.41, 5.74) is 2.73. The summed E-state index contributed by atoms with van der Waals surface area (Å²) in [6, 6.07) is 15.4. The fourth-order valence-electron chi connectivity index (χ4n) is 4.85. The van der Waals surface area contributed by atoms with Crippen LogP contribution in [0.2, 0.25) is 0 Å². The maximum Gasteiger partial charge on any atom is 0.339 e. The van der Waals surface area contributed by atoms with E-state index in [0.29, 0.717) is 28.8 Å². The Kier molecular flexibility index (Phi) is 8.45. The van der Waals surface area contributed by atoms with Gasteiger partial charge in [-0.1, -0.05) is 42.5 Å². The zero-order chi connectivity index (χ0) is 24.7. The molecule has 0 radical (unpaired) electrons. The van der Waals surface area contributed by atoms with Crippen LogP contribution in [0.1, 0.15) is 48.2 Å². The van der Waals surface area contributed by atoms with Crippen LogP contribution in [-0.4, -0.2) is 55.1 Å². The second-order valence-electron chi connectivity index (χ2n) is 9.59. The zero-order valence-electron chi connectivity index (χ0n) is 20.6. The van der Waals surface area contributed by atoms with Gasteiger partial charge in [0.25, 0.3) is 5.91 Å². The molecular formula is C27H36N3O4+. The summed E-state index contributed by atoms with van der Waals surface area (Å²) < 4.78 is 5.39. The second kappa shape index (κ2) is 11.3. The third-order valence-corrected chi connectivity index (χ3v) is 6.38. The number of para-hydroxylation sites is 1. The molecule has 2 N–H and O–H groups in total. The molecule has 1 heterocycles. The minimum Gasteiger partial charge on any atom is -0.465 e. The normalized spacial score (nSPS) is 20.0. The number of quaternary nitrogens is 1. The number of aryl methyl sites for hydroxylation is 1. The molecule has 182 valence electrons. The van der Waals surface area contributed by atoms with Gasteiger partial charge in [-0.25, -0.2) is 4.79 Å². The molecule has 0 bridgehead atoms. The van der Waals surface area contributed by atoms with Crippen molar-refractivity contribution in [1.82, 2.24) is 5.32 Å². The summed E-state index contributed by atoms with van der Waals surface area (Å²) in [7, 11) is 1.33. The first kappa shape index (κ1) is 25.4. The van der Waals surface area contributed by atoms with Gasteiger partial charge in [0, 0.05) is 11.6 Å². The monoisotopic (exact) mass is 466 g/mol. The zero-order valence-corrected chi connectivity index (χ0v) is 20.6. The number of nitrogens with one attached hydrogen (secondary N) is 2. The minimum atomic E-state index is -0.490. The molecular weight excluding hydrogens is 430 g/mol. The van der Waals surface area contributed by atoms with Gasteiger partial charge in [-0.2, -0.15) is 0 Å². The van der Waals surface area contributed by atoms with Gasteiger partial charge in [-0.05, 0) is 45.2 Å². The van der Waals surface area contributed by atoms with Crippen molar-refractivity contribution in [1.29, 1.82) is 0 Å². The maximum atomic E-state index is 13.4. The molecule has 2 aromatic carbocycles. The number of amides is 2. The Morgan fingerprint density at radius 1 is 1.09 bits per heavy atom. The molecule has 0 aromatic heterocycles. The Morgan fingerprint density at radius 3 is 2.50 bits per heavy atom. The molecule has 2 atom stereocenters. The van der Waals surface area contributed by atoms with E-state index in [4.69, 9.17) is 4.74 Å². The number of rotatable bonds is 8. The number of ether oxygens (including phenoxy) is 1. The molecule has 0 spiro atoms. The predicted molar refractivity (Wildman–Crippen MR) is 132 cm³/mol. The van der Waals surface area contributed by atoms with E-state index in [1.807, 2.05) is 45.0 Å². The van der Waals surface area contributed by atoms with E-state index in [1.165, 1.54) is 7.11 Å². The van der Waals surface area contributed by atoms with Crippen LogP contribution in [0.3, 0.4) is 0 Å². The maximum absolute atomic E-state index is 13.4. The average Bonchev–Trinajstić information content (AvgIpc) is 2.80. The number of anilines is 1. The predicted octanol–water partition coefficient (Wildman–Crippen LogP) is 3.67. The van der Waals surface area contributed by atoms with Crippen molar-refractivity contribution in [3.8, 4) is 0 Å². The molecule has 1 saturated heterocycles. The molecule has 1 aliphatic rings. The van der Waals surface area contributed by atoms with Crippen LogP contribution in [0.4, 0.5) is 5.69 Å². The van der Waals surface area contributed by atoms with Gasteiger partial charge in [0.15, 0.2) is 6.54 Å². The van der Waals surface area contributed by atoms with E-state index < -0.39 is 5.97 Å². The SMILES string of the molecule is COC(=O)c1cccc(C)c1NC(=O)C[N+]1(Cc2ccccc2)CCCC(C(=O)NC(C)C)C1. The molecule has 2 unspecified atom stereocenters. The van der Waals surface area contributed by atoms with Crippen LogP contribution in [0, 0.1) is 12.8 Å². The largest absolute Gasteiger partial charge is 0.465 e. The lowest BCUT2D eigenvalue weighted by Gasteiger charge is -2.43. The summed E-state index contributed by atoms with van der Waals surface area (Å²) in [5.74, 6) is -0.759. The molecule has 7 heteroatoms. The quantitative estimate of drug-likeness (QED) is 0.459. The van der Waals surface area contributed by atoms with Crippen molar-refractivity contribution in [3.63, 3.8) is 0 Å². The van der Waals surface area contributed by atoms with Crippen molar-refractivity contribution in [2.24, 2.45) is 5.92 Å². The van der Waals surface area contributed by atoms with Crippen LogP contribution in [0.15, 0.2) is 48.5 Å². The summed E-state index contributed by atoms with van der Waals surface area (Å²) >= 11 is 0. The van der Waals surface area contributed by atoms with Crippen LogP contribution < -0.4 is 10.6 Å². The number of esters is 1. The average molecular weight is 467 g/mol. The summed E-state index contributed by atoms with van der Waals surface area (Å²) in [6.45, 7) is 8.06. The first-order chi connectivity index (χ1) is 16.2. The van der Waals surface area contributed by atoms with Gasteiger partial charge in [-0.3, -0.25) is 9.59 Å². The molecule has 2 amide bonds. The van der Waals surface area contributed by atoms with Crippen LogP contribution in [0.5, 0.6) is 0 Å². The van der Waals surface area contributed by atoms with Crippen molar-refractivity contribution in [2.75, 3.05) is 32.1 Å². The smallest absolute Gasteiger partial charge is 0.339 e. The molecule has 2 aromatic rings. The lowest BCUT2D eigenvalue weighted by atomic mass is 9.93. The highest BCUT2D eigenvalue weighted by Crippen LogP contribution is 2.28. The Labute approximate surface area is 202 Å². The fraction of sp³-hybridized carbons (Fsp3) is 0.444. The van der Waals surface area contributed by atoms with Crippen LogP contribution in [0.25, 0.3) is 0 Å². The first-order valence-corrected chi connectivity index (χ1v) is 11.9. The Balaban J connectivity index is 1.86. The standard InChI is InChI=1S/C27H35N3O4/c1-19(2)28-26(32)22-13-9-15-30(17-22,16-21-11-6-5-7-12-21)18-24(31)29-25-20(3)10-8-14-23(25)27(33)34-4/h5-8,10-12,14,19,22H,9,13,15-18H2,1-4H3,(H-,28,29,31,32,33)/p+1. The van der Waals surface area contributed by atoms with Gasteiger partial charge in [0.05, 0.1) is 37.4 Å². The van der Waals surface area contributed by atoms with Gasteiger partial charge in [0.1, 0.15) is 6.54 Å². The highest BCUT2D eigenvalue weighted by atomic mass is 16.5. The topological polar surface area (TPSA) is 84.5 Å². The van der Waals surface area contributed by atoms with E-state index >= 15 is 0 Å². The number of nitrogens with zero attached hydrogens (tertiary/aromatic N) is 1. The van der Waals surface area contributed by atoms with Gasteiger partial charge in [-0.15, -0.1) is 0 Å². The van der Waals surface area contributed by atoms with E-state index in [2.05, 4.69) is 22.8 Å². The number of carbonyl (C=O) groups is 3. The van der Waals surface area contributed by atoms with Crippen molar-refractivity contribution < 1.29 is 23.6 Å². The highest BCUT2D eigenvalue weighted by molar-refractivity contribution is 6.02. The lowest BCUT2D eigenvalue weighted by Crippen LogP contribution is -2.59. The van der Waals surface area contributed by atoms with Crippen LogP contribution in [-0.2, 0) is 20.9 Å². The van der Waals surface area contributed by atoms with Crippen LogP contribution >= 0.6 is 0 Å². The Morgan fingerprint density at radius 2 is 1.82 bits per heavy atom. The van der Waals surface area contributed by atoms with Crippen molar-refractivity contribution in [3.05, 3.63) is 65.2 Å². The minimum absolute atomic E-state index is 0.0533. The highest BCUT2D eigenvalue weighted by Gasteiger charge is 2.40. The first-order valence-electron chi connectivity index (χ1n) is 11.9. The fourth-order valence-corrected chi connectivity index (χ4v) is 4.85. The van der Waals surface area contributed by atoms with E-state index in [0.717, 1.165) is 30.5 Å². The third-order valence-electron chi connectivity index (χ3n) is 6.38. The van der Waals surface area contributed by atoms with E-state index in [1.54, 1.807) is 12.1 Å². The number of benzene rings is 2. The van der Waals surface area contributed by atoms with Crippen molar-refractivity contribution >= 4 is 23.5 Å². The molecule has 1 fully saturated rings. The number of hydrogen-bond acceptors (Lipinski definition) is 4. The lowest BCUT2D eigenvalue weighted by molar-refractivity contribution is -0.940. The molecule has 3 rings (SSSR count). The number of carbonyl (C=O) groups excluding carboxylic acids is 3. The van der Waals surface area contributed by atoms with Gasteiger partial charge < -0.3 is 19.9 Å². The third kappa shape index (κ3) is 6.44. The molecule has 1 aliphatic heterocycles. The summed E-state index contributed by atoms with van der Waals surface area (Å²) in [6.07, 6.45) is 1.69. The number of likely N-dealkylation sites (tertiary alicyclic amines) is 1. The number of hydrogen-bond donors (Lipinski definition) is 2. The number of piperidine rings is 1. The van der Waals surface area contributed by atoms with Gasteiger partial charge >= 0.3 is 5.97 Å². The van der Waals surface area contributed by atoms with E-state index in [9.17, 15) is 14.4 Å². The Bertz CT molecular complexity index is 1020. The number of methoxy groups -OCH3 is 1. The summed E-state index contributed by atoms with van der Waals surface area (Å²) in [4.78, 5) is 38.5. The van der Waals surface area contributed by atoms with E-state index in [-0.39, 0.29) is 30.3 Å². The molecule has 0 aliphatic carbocycles. The Hall–Kier alpha value is -3.19. The van der Waals surface area contributed by atoms with Crippen molar-refractivity contribution in [2.45, 2.75) is 46.2 Å². The summed E-state index contributed by atoms with van der Waals surface area (Å²) in [5, 5.41) is 6.01. The molecule has 0 saturated carbocycles. The second-order valence-corrected chi connectivity index (χ2v) is 9.59. The van der Waals surface area contributed by atoms with Gasteiger partial charge in [0.2, 0.25) is 5.91 Å². The molecule has 7 nitrogen and oxygen atoms in total. The molecule has 34 heavy (non-hydrogen) atoms.